The summed E-state index contributed by atoms with van der Waals surface area (Å²) in [5.74, 6) is -1.12. The average Bonchev–Trinajstić information content (AvgIpc) is 4.15. The van der Waals surface area contributed by atoms with Gasteiger partial charge in [-0.15, -0.1) is 0 Å². The van der Waals surface area contributed by atoms with Crippen LogP contribution in [0, 0.1) is 0 Å². The summed E-state index contributed by atoms with van der Waals surface area (Å²) in [5, 5.41) is 15.4. The van der Waals surface area contributed by atoms with E-state index in [4.69, 9.17) is 9.47 Å². The highest BCUT2D eigenvalue weighted by molar-refractivity contribution is 6.08. The number of aromatic nitrogens is 5. The smallest absolute Gasteiger partial charge is 0.291 e. The molecule has 2 aromatic carbocycles. The number of hydrogen-bond acceptors (Lipinski definition) is 11. The second-order valence-electron chi connectivity index (χ2n) is 18.7. The lowest BCUT2D eigenvalue weighted by atomic mass is 10.1. The molecule has 2 aliphatic rings. The number of methoxy groups -OCH3 is 1. The molecule has 5 N–H and O–H groups in total. The van der Waals surface area contributed by atoms with E-state index in [9.17, 15) is 28.8 Å². The minimum absolute atomic E-state index is 0.00640. The summed E-state index contributed by atoms with van der Waals surface area (Å²) in [6.07, 6.45) is 10.0. The van der Waals surface area contributed by atoms with Gasteiger partial charge in [-0.3, -0.25) is 38.3 Å². The van der Waals surface area contributed by atoms with Crippen molar-refractivity contribution in [2.24, 2.45) is 26.1 Å². The van der Waals surface area contributed by atoms with Crippen LogP contribution >= 0.6 is 0 Å². The first-order valence-electron chi connectivity index (χ1n) is 23.2. The number of aliphatic imine (C=N–C) groups is 1. The number of ether oxygens (including phenoxy) is 2. The lowest BCUT2D eigenvalue weighted by Crippen LogP contribution is -2.37. The fraction of sp³-hybridized carbons (Fsp3) is 0.333. The van der Waals surface area contributed by atoms with Crippen molar-refractivity contribution in [3.05, 3.63) is 114 Å². The van der Waals surface area contributed by atoms with Gasteiger partial charge in [0.05, 0.1) is 47.9 Å². The summed E-state index contributed by atoms with van der Waals surface area (Å²) in [6, 6.07) is 13.2. The molecule has 8 rings (SSSR count). The molecule has 71 heavy (non-hydrogen) atoms. The van der Waals surface area contributed by atoms with Crippen molar-refractivity contribution in [2.75, 3.05) is 49.3 Å². The lowest BCUT2D eigenvalue weighted by molar-refractivity contribution is -0.116. The molecule has 6 aromatic rings. The summed E-state index contributed by atoms with van der Waals surface area (Å²) in [4.78, 5) is 90.4. The van der Waals surface area contributed by atoms with Crippen molar-refractivity contribution >= 4 is 75.4 Å². The van der Waals surface area contributed by atoms with Gasteiger partial charge in [-0.1, -0.05) is 12.2 Å². The van der Waals surface area contributed by atoms with Gasteiger partial charge in [0.15, 0.2) is 17.3 Å². The summed E-state index contributed by atoms with van der Waals surface area (Å²) in [5.41, 5.74) is 4.22. The zero-order valence-electron chi connectivity index (χ0n) is 40.8. The second kappa shape index (κ2) is 20.4. The Morgan fingerprint density at radius 2 is 1.55 bits per heavy atom. The van der Waals surface area contributed by atoms with Gasteiger partial charge in [0.1, 0.15) is 11.4 Å². The van der Waals surface area contributed by atoms with Gasteiger partial charge in [0, 0.05) is 94.2 Å². The highest BCUT2D eigenvalue weighted by Gasteiger charge is 2.34. The van der Waals surface area contributed by atoms with E-state index in [0.717, 1.165) is 23.9 Å². The van der Waals surface area contributed by atoms with Gasteiger partial charge in [0.25, 0.3) is 29.5 Å². The fourth-order valence-electron chi connectivity index (χ4n) is 8.49. The number of hydrogen-bond donors (Lipinski definition) is 5. The number of nitrogens with one attached hydrogen (secondary N) is 5. The first kappa shape index (κ1) is 49.2. The van der Waals surface area contributed by atoms with E-state index in [1.807, 2.05) is 0 Å². The molecule has 20 heteroatoms. The summed E-state index contributed by atoms with van der Waals surface area (Å²) >= 11 is 0. The Morgan fingerprint density at radius 1 is 0.817 bits per heavy atom. The van der Waals surface area contributed by atoms with Crippen LogP contribution in [-0.2, 0) is 25.9 Å². The van der Waals surface area contributed by atoms with Gasteiger partial charge in [-0.05, 0) is 89.0 Å². The Labute approximate surface area is 410 Å². The Hall–Kier alpha value is -8.26. The lowest BCUT2D eigenvalue weighted by Gasteiger charge is -2.20. The Kier molecular flexibility index (Phi) is 14.1. The molecule has 4 aromatic heterocycles. The van der Waals surface area contributed by atoms with Crippen LogP contribution in [0.5, 0.6) is 11.5 Å². The molecular formula is C51H58N12O8. The number of carbonyl (C=O) groups excluding carboxylic acids is 6. The van der Waals surface area contributed by atoms with Crippen molar-refractivity contribution in [1.82, 2.24) is 38.8 Å². The zero-order chi connectivity index (χ0) is 50.7. The third kappa shape index (κ3) is 11.1. The van der Waals surface area contributed by atoms with Crippen molar-refractivity contribution in [3.8, 4) is 11.5 Å². The van der Waals surface area contributed by atoms with E-state index < -0.39 is 11.8 Å². The number of benzene rings is 2. The average molecular weight is 967 g/mol. The summed E-state index contributed by atoms with van der Waals surface area (Å²) < 4.78 is 17.6. The number of anilines is 3. The molecule has 0 saturated carbocycles. The molecule has 370 valence electrons. The first-order chi connectivity index (χ1) is 33.8. The van der Waals surface area contributed by atoms with Crippen LogP contribution in [0.3, 0.4) is 0 Å². The van der Waals surface area contributed by atoms with Gasteiger partial charge in [-0.25, -0.2) is 4.98 Å². The molecule has 2 aliphatic heterocycles. The van der Waals surface area contributed by atoms with E-state index in [-0.39, 0.29) is 65.6 Å². The molecule has 5 amide bonds. The van der Waals surface area contributed by atoms with E-state index in [2.05, 4.69) is 63.9 Å². The fourth-order valence-corrected chi connectivity index (χ4v) is 8.49. The maximum atomic E-state index is 13.8. The molecule has 0 bridgehead atoms. The van der Waals surface area contributed by atoms with E-state index in [0.29, 0.717) is 76.8 Å². The monoisotopic (exact) mass is 966 g/mol. The molecule has 1 atom stereocenters. The molecule has 1 saturated heterocycles. The largest absolute Gasteiger partial charge is 0.493 e. The van der Waals surface area contributed by atoms with E-state index in [1.54, 1.807) is 102 Å². The van der Waals surface area contributed by atoms with Crippen LogP contribution < -0.4 is 36.1 Å². The number of nitrogens with zero attached hydrogens (tertiary/aromatic N) is 7. The summed E-state index contributed by atoms with van der Waals surface area (Å²) in [6.45, 7) is 12.3. The van der Waals surface area contributed by atoms with Gasteiger partial charge in [-0.2, -0.15) is 0 Å². The number of amides is 5. The van der Waals surface area contributed by atoms with Crippen LogP contribution in [-0.4, -0.2) is 115 Å². The van der Waals surface area contributed by atoms with Crippen LogP contribution in [0.4, 0.5) is 22.9 Å². The number of carbonyl (C=O) groups is 6. The minimum Gasteiger partial charge on any atom is -0.493 e. The second-order valence-corrected chi connectivity index (χ2v) is 18.7. The van der Waals surface area contributed by atoms with Crippen molar-refractivity contribution in [1.29, 1.82) is 0 Å². The third-order valence-electron chi connectivity index (χ3n) is 12.0. The summed E-state index contributed by atoms with van der Waals surface area (Å²) in [7, 11) is 6.46. The maximum Gasteiger partial charge on any atom is 0.291 e. The van der Waals surface area contributed by atoms with Crippen LogP contribution in [0.2, 0.25) is 0 Å². The molecule has 0 aliphatic carbocycles. The molecule has 6 heterocycles. The van der Waals surface area contributed by atoms with E-state index in [1.165, 1.54) is 28.5 Å². The number of fused-ring (bicyclic) bond motifs is 3. The Balaban J connectivity index is 0.816. The van der Waals surface area contributed by atoms with Crippen molar-refractivity contribution in [2.45, 2.75) is 58.0 Å². The predicted molar refractivity (Wildman–Crippen MR) is 269 cm³/mol. The zero-order valence-corrected chi connectivity index (χ0v) is 40.8. The molecular weight excluding hydrogens is 909 g/mol. The van der Waals surface area contributed by atoms with Crippen LogP contribution in [0.25, 0.3) is 10.9 Å². The van der Waals surface area contributed by atoms with Crippen LogP contribution in [0.1, 0.15) is 98.8 Å². The van der Waals surface area contributed by atoms with Gasteiger partial charge >= 0.3 is 0 Å². The topological polar surface area (TPSA) is 229 Å². The normalized spacial score (nSPS) is 14.2. The van der Waals surface area contributed by atoms with Crippen molar-refractivity contribution in [3.63, 3.8) is 0 Å². The quantitative estimate of drug-likeness (QED) is 0.0525. The van der Waals surface area contributed by atoms with Gasteiger partial charge < -0.3 is 54.7 Å². The molecule has 0 radical (unpaired) electrons. The highest BCUT2D eigenvalue weighted by atomic mass is 16.5. The molecule has 20 nitrogen and oxygen atoms in total. The minimum atomic E-state index is -0.575. The molecule has 1 fully saturated rings. The maximum absolute atomic E-state index is 13.8. The SMILES string of the molecule is C=C1C[C@H]2C=Nc3cc(OCCCC(=O)Nc4cn(C)c(C(=O)Nc5cc(C(=O)Nc6cc(C(=O)n7ccc8cc(C(=O)NCCCNC(C)(C)C)ccc87)n(C)c6)n(C)c5)n4)c(OC)cc3C(=O)N2C1. The number of rotatable bonds is 17. The Morgan fingerprint density at radius 3 is 2.30 bits per heavy atom. The Bertz CT molecular complexity index is 3130. The first-order valence-corrected chi connectivity index (χ1v) is 23.2. The highest BCUT2D eigenvalue weighted by Crippen LogP contribution is 2.38. The standard InChI is InChI=1S/C51H58N12O8/c1-30-19-35-25-53-37-24-42(41(70-8)23-36(37)49(68)63(35)26-30)71-18-9-11-44(64)57-43-29-61(7)45(58-43)48(67)56-33-21-39(59(5)27-33)47(66)55-34-22-40(60(6)28-34)50(69)62-17-14-31-20-32(12-13-38(31)62)46(65)52-15-10-16-54-51(2,3)4/h12-14,17,20-25,27-29,35,54H,1,9-11,15-16,18-19,26H2,2-8H3,(H,52,65)(H,55,66)(H,56,67)(H,57,64)/t35-/m0/s1. The van der Waals surface area contributed by atoms with Crippen molar-refractivity contribution < 1.29 is 38.2 Å². The third-order valence-corrected chi connectivity index (χ3v) is 12.0. The predicted octanol–water partition coefficient (Wildman–Crippen LogP) is 6.05. The molecule has 0 unspecified atom stereocenters. The van der Waals surface area contributed by atoms with Crippen LogP contribution in [0.15, 0.2) is 90.5 Å². The molecule has 0 spiro atoms. The van der Waals surface area contributed by atoms with Gasteiger partial charge in [0.2, 0.25) is 11.7 Å². The number of aryl methyl sites for hydroxylation is 3. The van der Waals surface area contributed by atoms with E-state index >= 15 is 0 Å². The number of imidazole rings is 1.